The number of benzene rings is 1. The zero-order valence-electron chi connectivity index (χ0n) is 11.6. The van der Waals surface area contributed by atoms with E-state index >= 15 is 0 Å². The Morgan fingerprint density at radius 1 is 1.40 bits per heavy atom. The average molecular weight is 272 g/mol. The summed E-state index contributed by atoms with van der Waals surface area (Å²) in [6.45, 7) is 2.54. The smallest absolute Gasteiger partial charge is 0.224 e. The van der Waals surface area contributed by atoms with Crippen LogP contribution in [0, 0.1) is 0 Å². The summed E-state index contributed by atoms with van der Waals surface area (Å²) in [5.41, 5.74) is 7.51. The van der Waals surface area contributed by atoms with E-state index in [-0.39, 0.29) is 11.9 Å². The molecule has 5 nitrogen and oxygen atoms in total. The SMILES string of the molecule is CC(N)CCNC(=O)Cc1cnn(-c2ccccc2)c1. The molecule has 0 saturated carbocycles. The largest absolute Gasteiger partial charge is 0.356 e. The van der Waals surface area contributed by atoms with Crippen LogP contribution in [0.15, 0.2) is 42.7 Å². The predicted octanol–water partition coefficient (Wildman–Crippen LogP) is 1.27. The molecule has 0 aliphatic heterocycles. The van der Waals surface area contributed by atoms with Crippen LogP contribution in [-0.4, -0.2) is 28.3 Å². The zero-order chi connectivity index (χ0) is 14.4. The highest BCUT2D eigenvalue weighted by atomic mass is 16.1. The summed E-state index contributed by atoms with van der Waals surface area (Å²) >= 11 is 0. The molecule has 20 heavy (non-hydrogen) atoms. The molecule has 5 heteroatoms. The summed E-state index contributed by atoms with van der Waals surface area (Å²) < 4.78 is 1.77. The molecule has 1 aromatic heterocycles. The second kappa shape index (κ2) is 6.86. The molecule has 0 aliphatic rings. The predicted molar refractivity (Wildman–Crippen MR) is 78.5 cm³/mol. The summed E-state index contributed by atoms with van der Waals surface area (Å²) in [5.74, 6) is -0.00161. The van der Waals surface area contributed by atoms with Crippen molar-refractivity contribution in [2.45, 2.75) is 25.8 Å². The van der Waals surface area contributed by atoms with E-state index < -0.39 is 0 Å². The van der Waals surface area contributed by atoms with Gasteiger partial charge in [0.1, 0.15) is 0 Å². The van der Waals surface area contributed by atoms with Crippen molar-refractivity contribution < 1.29 is 4.79 Å². The lowest BCUT2D eigenvalue weighted by Crippen LogP contribution is -2.29. The van der Waals surface area contributed by atoms with Crippen molar-refractivity contribution in [3.63, 3.8) is 0 Å². The van der Waals surface area contributed by atoms with Crippen LogP contribution in [0.5, 0.6) is 0 Å². The zero-order valence-corrected chi connectivity index (χ0v) is 11.6. The second-order valence-corrected chi connectivity index (χ2v) is 4.92. The van der Waals surface area contributed by atoms with E-state index in [2.05, 4.69) is 10.4 Å². The molecule has 3 N–H and O–H groups in total. The van der Waals surface area contributed by atoms with Gasteiger partial charge in [0.15, 0.2) is 0 Å². The molecule has 0 radical (unpaired) electrons. The third kappa shape index (κ3) is 4.20. The molecule has 0 spiro atoms. The summed E-state index contributed by atoms with van der Waals surface area (Å²) in [4.78, 5) is 11.8. The molecule has 2 aromatic rings. The lowest BCUT2D eigenvalue weighted by Gasteiger charge is -2.06. The van der Waals surface area contributed by atoms with Crippen molar-refractivity contribution in [1.29, 1.82) is 0 Å². The third-order valence-corrected chi connectivity index (χ3v) is 2.94. The van der Waals surface area contributed by atoms with Gasteiger partial charge in [-0.25, -0.2) is 4.68 Å². The van der Waals surface area contributed by atoms with Crippen LogP contribution in [0.3, 0.4) is 0 Å². The highest BCUT2D eigenvalue weighted by Crippen LogP contribution is 2.07. The Morgan fingerprint density at radius 3 is 2.85 bits per heavy atom. The first kappa shape index (κ1) is 14.3. The third-order valence-electron chi connectivity index (χ3n) is 2.94. The quantitative estimate of drug-likeness (QED) is 0.831. The minimum absolute atomic E-state index is 0.00161. The van der Waals surface area contributed by atoms with Crippen molar-refractivity contribution in [3.05, 3.63) is 48.3 Å². The molecule has 1 atom stereocenters. The number of hydrogen-bond donors (Lipinski definition) is 2. The maximum absolute atomic E-state index is 11.8. The monoisotopic (exact) mass is 272 g/mol. The highest BCUT2D eigenvalue weighted by Gasteiger charge is 2.06. The molecule has 1 amide bonds. The molecule has 0 aliphatic carbocycles. The van der Waals surface area contributed by atoms with Crippen molar-refractivity contribution in [2.75, 3.05) is 6.54 Å². The summed E-state index contributed by atoms with van der Waals surface area (Å²) in [5, 5.41) is 7.12. The Kier molecular flexibility index (Phi) is 4.90. The fraction of sp³-hybridized carbons (Fsp3) is 0.333. The van der Waals surface area contributed by atoms with Crippen LogP contribution in [-0.2, 0) is 11.2 Å². The standard InChI is InChI=1S/C15H20N4O/c1-12(16)7-8-17-15(20)9-13-10-18-19(11-13)14-5-3-2-4-6-14/h2-6,10-12H,7-9,16H2,1H3,(H,17,20). The van der Waals surface area contributed by atoms with E-state index in [1.807, 2.05) is 43.5 Å². The first-order chi connectivity index (χ1) is 9.65. The average Bonchev–Trinajstić information content (AvgIpc) is 2.88. The van der Waals surface area contributed by atoms with E-state index in [9.17, 15) is 4.79 Å². The van der Waals surface area contributed by atoms with Crippen LogP contribution >= 0.6 is 0 Å². The van der Waals surface area contributed by atoms with Crippen molar-refractivity contribution in [3.8, 4) is 5.69 Å². The molecule has 1 heterocycles. The number of nitrogens with one attached hydrogen (secondary N) is 1. The van der Waals surface area contributed by atoms with E-state index in [1.54, 1.807) is 10.9 Å². The lowest BCUT2D eigenvalue weighted by atomic mass is 10.2. The first-order valence-corrected chi connectivity index (χ1v) is 6.76. The number of carbonyl (C=O) groups is 1. The molecule has 0 bridgehead atoms. The van der Waals surface area contributed by atoms with Crippen LogP contribution in [0.4, 0.5) is 0 Å². The van der Waals surface area contributed by atoms with Crippen molar-refractivity contribution in [1.82, 2.24) is 15.1 Å². The second-order valence-electron chi connectivity index (χ2n) is 4.92. The van der Waals surface area contributed by atoms with Gasteiger partial charge < -0.3 is 11.1 Å². The lowest BCUT2D eigenvalue weighted by molar-refractivity contribution is -0.120. The fourth-order valence-electron chi connectivity index (χ4n) is 1.86. The number of amides is 1. The molecular weight excluding hydrogens is 252 g/mol. The van der Waals surface area contributed by atoms with E-state index in [0.29, 0.717) is 13.0 Å². The molecule has 0 fully saturated rings. The molecule has 106 valence electrons. The molecule has 2 rings (SSSR count). The first-order valence-electron chi connectivity index (χ1n) is 6.76. The van der Waals surface area contributed by atoms with Crippen LogP contribution < -0.4 is 11.1 Å². The molecule has 0 saturated heterocycles. The van der Waals surface area contributed by atoms with Crippen LogP contribution in [0.2, 0.25) is 0 Å². The number of hydrogen-bond acceptors (Lipinski definition) is 3. The molecule has 1 unspecified atom stereocenters. The van der Waals surface area contributed by atoms with Gasteiger partial charge in [0.25, 0.3) is 0 Å². The Bertz CT molecular complexity index is 548. The summed E-state index contributed by atoms with van der Waals surface area (Å²) in [6.07, 6.45) is 4.72. The van der Waals surface area contributed by atoms with E-state index in [1.165, 1.54) is 0 Å². The summed E-state index contributed by atoms with van der Waals surface area (Å²) in [7, 11) is 0. The number of nitrogens with zero attached hydrogens (tertiary/aromatic N) is 2. The van der Waals surface area contributed by atoms with Gasteiger partial charge in [-0.15, -0.1) is 0 Å². The number of carbonyl (C=O) groups excluding carboxylic acids is 1. The van der Waals surface area contributed by atoms with Gasteiger partial charge in [-0.3, -0.25) is 4.79 Å². The van der Waals surface area contributed by atoms with Crippen molar-refractivity contribution in [2.24, 2.45) is 5.73 Å². The molecular formula is C15H20N4O. The van der Waals surface area contributed by atoms with Gasteiger partial charge in [0, 0.05) is 18.8 Å². The normalized spacial score (nSPS) is 12.1. The Morgan fingerprint density at radius 2 is 2.15 bits per heavy atom. The van der Waals surface area contributed by atoms with Gasteiger partial charge in [-0.2, -0.15) is 5.10 Å². The fourth-order valence-corrected chi connectivity index (χ4v) is 1.86. The number of rotatable bonds is 6. The van der Waals surface area contributed by atoms with Crippen LogP contribution in [0.1, 0.15) is 18.9 Å². The van der Waals surface area contributed by atoms with Gasteiger partial charge in [-0.1, -0.05) is 18.2 Å². The number of aromatic nitrogens is 2. The maximum atomic E-state index is 11.8. The number of para-hydroxylation sites is 1. The molecule has 1 aromatic carbocycles. The van der Waals surface area contributed by atoms with Gasteiger partial charge in [0.05, 0.1) is 18.3 Å². The van der Waals surface area contributed by atoms with E-state index in [4.69, 9.17) is 5.73 Å². The number of nitrogens with two attached hydrogens (primary N) is 1. The maximum Gasteiger partial charge on any atom is 0.224 e. The van der Waals surface area contributed by atoms with E-state index in [0.717, 1.165) is 17.7 Å². The van der Waals surface area contributed by atoms with Crippen LogP contribution in [0.25, 0.3) is 5.69 Å². The van der Waals surface area contributed by atoms with Crippen molar-refractivity contribution >= 4 is 5.91 Å². The Labute approximate surface area is 118 Å². The van der Waals surface area contributed by atoms with Gasteiger partial charge in [-0.05, 0) is 31.0 Å². The van der Waals surface area contributed by atoms with Gasteiger partial charge >= 0.3 is 0 Å². The minimum atomic E-state index is -0.00161. The Hall–Kier alpha value is -2.14. The Balaban J connectivity index is 1.88. The minimum Gasteiger partial charge on any atom is -0.356 e. The topological polar surface area (TPSA) is 72.9 Å². The summed E-state index contributed by atoms with van der Waals surface area (Å²) in [6, 6.07) is 9.92. The highest BCUT2D eigenvalue weighted by molar-refractivity contribution is 5.78. The van der Waals surface area contributed by atoms with Gasteiger partial charge in [0.2, 0.25) is 5.91 Å².